The summed E-state index contributed by atoms with van der Waals surface area (Å²) in [6.45, 7) is 4.72. The fourth-order valence-electron chi connectivity index (χ4n) is 4.81. The molecule has 0 spiro atoms. The number of nitrogens with zero attached hydrogens (tertiary/aromatic N) is 4. The molecular weight excluding hydrogens is 576 g/mol. The van der Waals surface area contributed by atoms with Crippen molar-refractivity contribution >= 4 is 60.7 Å². The Balaban J connectivity index is 1.40. The van der Waals surface area contributed by atoms with Crippen molar-refractivity contribution in [2.45, 2.75) is 23.9 Å². The standard InChI is InChI=1S/C27H27ClN4O4S3/c1-3-26(25-9-18-6-7-20(28)10-24(18)38-25)39(34,35)31-12-21(15-33)32(22(13-31)16-36-2)14-27-30-23(17-37-27)19-5-4-8-29-11-19/h3-11,15,17,21-22,26H,1,12-14,16H2,2H3. The number of methoxy groups -OCH3 is 1. The van der Waals surface area contributed by atoms with Crippen LogP contribution in [0.25, 0.3) is 21.3 Å². The van der Waals surface area contributed by atoms with Crippen molar-refractivity contribution in [1.29, 1.82) is 0 Å². The number of piperazine rings is 1. The molecule has 4 aromatic rings. The zero-order chi connectivity index (χ0) is 27.6. The first-order valence-electron chi connectivity index (χ1n) is 12.2. The van der Waals surface area contributed by atoms with Gasteiger partial charge in [0.15, 0.2) is 0 Å². The van der Waals surface area contributed by atoms with E-state index in [2.05, 4.69) is 11.6 Å². The van der Waals surface area contributed by atoms with Gasteiger partial charge in [0, 0.05) is 64.2 Å². The van der Waals surface area contributed by atoms with Gasteiger partial charge in [-0.25, -0.2) is 13.4 Å². The Labute approximate surface area is 240 Å². The molecule has 5 rings (SSSR count). The molecule has 204 valence electrons. The molecule has 0 radical (unpaired) electrons. The highest BCUT2D eigenvalue weighted by Crippen LogP contribution is 2.38. The average molecular weight is 603 g/mol. The van der Waals surface area contributed by atoms with Crippen molar-refractivity contribution in [3.63, 3.8) is 0 Å². The number of ether oxygens (including phenoxy) is 1. The van der Waals surface area contributed by atoms with E-state index >= 15 is 0 Å². The molecule has 1 aliphatic heterocycles. The third-order valence-corrected chi connectivity index (χ3v) is 11.2. The quantitative estimate of drug-likeness (QED) is 0.186. The van der Waals surface area contributed by atoms with E-state index in [1.165, 1.54) is 33.1 Å². The Hall–Kier alpha value is -2.51. The van der Waals surface area contributed by atoms with Gasteiger partial charge < -0.3 is 9.53 Å². The largest absolute Gasteiger partial charge is 0.383 e. The molecule has 1 aromatic carbocycles. The summed E-state index contributed by atoms with van der Waals surface area (Å²) in [5.74, 6) is 0. The Bertz CT molecular complexity index is 1570. The Kier molecular flexibility index (Phi) is 8.57. The number of thiazole rings is 1. The number of pyridine rings is 1. The van der Waals surface area contributed by atoms with E-state index in [0.29, 0.717) is 16.4 Å². The molecular formula is C27H27ClN4O4S3. The van der Waals surface area contributed by atoms with Crippen LogP contribution < -0.4 is 0 Å². The number of fused-ring (bicyclic) bond motifs is 1. The summed E-state index contributed by atoms with van der Waals surface area (Å²) in [6, 6.07) is 10.1. The maximum Gasteiger partial charge on any atom is 0.225 e. The van der Waals surface area contributed by atoms with Crippen LogP contribution in [0.15, 0.2) is 66.8 Å². The van der Waals surface area contributed by atoms with Crippen molar-refractivity contribution in [1.82, 2.24) is 19.2 Å². The van der Waals surface area contributed by atoms with E-state index in [-0.39, 0.29) is 25.7 Å². The molecule has 4 heterocycles. The summed E-state index contributed by atoms with van der Waals surface area (Å²) in [6.07, 6.45) is 5.72. The molecule has 0 saturated carbocycles. The van der Waals surface area contributed by atoms with Crippen LogP contribution in [0.1, 0.15) is 15.1 Å². The van der Waals surface area contributed by atoms with Gasteiger partial charge in [-0.3, -0.25) is 9.88 Å². The van der Waals surface area contributed by atoms with Crippen LogP contribution in [-0.2, 0) is 26.1 Å². The minimum Gasteiger partial charge on any atom is -0.383 e. The summed E-state index contributed by atoms with van der Waals surface area (Å²) in [7, 11) is -2.31. The van der Waals surface area contributed by atoms with Crippen molar-refractivity contribution in [3.05, 3.63) is 81.7 Å². The van der Waals surface area contributed by atoms with Crippen LogP contribution in [0.5, 0.6) is 0 Å². The van der Waals surface area contributed by atoms with Crippen LogP contribution in [0, 0.1) is 0 Å². The topological polar surface area (TPSA) is 92.7 Å². The molecule has 3 unspecified atom stereocenters. The lowest BCUT2D eigenvalue weighted by atomic mass is 10.1. The minimum absolute atomic E-state index is 0.0357. The first-order chi connectivity index (χ1) is 18.8. The SMILES string of the molecule is C=CC(c1cc2ccc(Cl)cc2s1)S(=O)(=O)N1CC(C=O)N(Cc2nc(-c3cccnc3)cs2)C(COC)C1. The molecule has 0 bridgehead atoms. The first kappa shape index (κ1) is 28.0. The predicted octanol–water partition coefficient (Wildman–Crippen LogP) is 5.03. The maximum absolute atomic E-state index is 13.9. The third-order valence-electron chi connectivity index (χ3n) is 6.72. The van der Waals surface area contributed by atoms with Gasteiger partial charge >= 0.3 is 0 Å². The van der Waals surface area contributed by atoms with Gasteiger partial charge in [-0.05, 0) is 35.7 Å². The van der Waals surface area contributed by atoms with Crippen molar-refractivity contribution in [3.8, 4) is 11.3 Å². The Morgan fingerprint density at radius 3 is 2.85 bits per heavy atom. The number of thiophene rings is 1. The second-order valence-electron chi connectivity index (χ2n) is 9.20. The van der Waals surface area contributed by atoms with Crippen LogP contribution in [0.2, 0.25) is 5.02 Å². The number of hydrogen-bond donors (Lipinski definition) is 0. The highest BCUT2D eigenvalue weighted by atomic mass is 35.5. The number of benzene rings is 1. The highest BCUT2D eigenvalue weighted by Gasteiger charge is 2.42. The first-order valence-corrected chi connectivity index (χ1v) is 15.8. The zero-order valence-electron chi connectivity index (χ0n) is 21.1. The molecule has 0 N–H and O–H groups in total. The number of carbonyl (C=O) groups is 1. The number of carbonyl (C=O) groups excluding carboxylic acids is 1. The number of halogens is 1. The maximum atomic E-state index is 13.9. The summed E-state index contributed by atoms with van der Waals surface area (Å²) < 4.78 is 35.7. The normalized spacial score (nSPS) is 19.7. The van der Waals surface area contributed by atoms with Gasteiger partial charge in [0.1, 0.15) is 16.5 Å². The molecule has 1 fully saturated rings. The molecule has 39 heavy (non-hydrogen) atoms. The molecule has 3 aromatic heterocycles. The fourth-order valence-corrected chi connectivity index (χ4v) is 9.12. The molecule has 1 saturated heterocycles. The molecule has 1 aliphatic rings. The molecule has 12 heteroatoms. The third kappa shape index (κ3) is 5.85. The van der Waals surface area contributed by atoms with E-state index in [0.717, 1.165) is 32.6 Å². The van der Waals surface area contributed by atoms with E-state index in [4.69, 9.17) is 21.3 Å². The smallest absolute Gasteiger partial charge is 0.225 e. The number of sulfonamides is 1. The average Bonchev–Trinajstić information content (AvgIpc) is 3.57. The second kappa shape index (κ2) is 11.9. The van der Waals surface area contributed by atoms with Gasteiger partial charge in [0.2, 0.25) is 10.0 Å². The zero-order valence-corrected chi connectivity index (χ0v) is 24.3. The number of rotatable bonds is 10. The number of aldehydes is 1. The van der Waals surface area contributed by atoms with E-state index < -0.39 is 21.3 Å². The second-order valence-corrected chi connectivity index (χ2v) is 13.8. The highest BCUT2D eigenvalue weighted by molar-refractivity contribution is 7.89. The van der Waals surface area contributed by atoms with Gasteiger partial charge in [0.05, 0.1) is 24.9 Å². The van der Waals surface area contributed by atoms with Gasteiger partial charge in [-0.2, -0.15) is 4.31 Å². The summed E-state index contributed by atoms with van der Waals surface area (Å²) in [4.78, 5) is 23.8. The van der Waals surface area contributed by atoms with Crippen LogP contribution in [0.3, 0.4) is 0 Å². The summed E-state index contributed by atoms with van der Waals surface area (Å²) in [5.41, 5.74) is 1.73. The van der Waals surface area contributed by atoms with Crippen LogP contribution in [0.4, 0.5) is 0 Å². The molecule has 0 amide bonds. The van der Waals surface area contributed by atoms with Gasteiger partial charge in [-0.15, -0.1) is 29.3 Å². The number of hydrogen-bond acceptors (Lipinski definition) is 9. The fraction of sp³-hybridized carbons (Fsp3) is 0.296. The van der Waals surface area contributed by atoms with Crippen molar-refractivity contribution in [2.75, 3.05) is 26.8 Å². The van der Waals surface area contributed by atoms with Gasteiger partial charge in [0.25, 0.3) is 0 Å². The summed E-state index contributed by atoms with van der Waals surface area (Å²) in [5, 5.41) is 3.35. The van der Waals surface area contributed by atoms with E-state index in [1.807, 2.05) is 40.6 Å². The van der Waals surface area contributed by atoms with Gasteiger partial charge in [-0.1, -0.05) is 23.7 Å². The summed E-state index contributed by atoms with van der Waals surface area (Å²) >= 11 is 9.01. The molecule has 3 atom stereocenters. The van der Waals surface area contributed by atoms with E-state index in [1.54, 1.807) is 25.6 Å². The minimum atomic E-state index is -3.88. The Morgan fingerprint density at radius 1 is 1.28 bits per heavy atom. The molecule has 0 aliphatic carbocycles. The lowest BCUT2D eigenvalue weighted by Crippen LogP contribution is -2.61. The molecule has 8 nitrogen and oxygen atoms in total. The Morgan fingerprint density at radius 2 is 2.13 bits per heavy atom. The van der Waals surface area contributed by atoms with Crippen LogP contribution >= 0.6 is 34.3 Å². The lowest BCUT2D eigenvalue weighted by Gasteiger charge is -2.44. The predicted molar refractivity (Wildman–Crippen MR) is 157 cm³/mol. The van der Waals surface area contributed by atoms with Crippen molar-refractivity contribution < 1.29 is 17.9 Å². The van der Waals surface area contributed by atoms with Crippen LogP contribution in [-0.4, -0.2) is 72.8 Å². The monoisotopic (exact) mass is 602 g/mol. The lowest BCUT2D eigenvalue weighted by molar-refractivity contribution is -0.116. The number of aromatic nitrogens is 2. The van der Waals surface area contributed by atoms with Crippen molar-refractivity contribution in [2.24, 2.45) is 0 Å². The van der Waals surface area contributed by atoms with E-state index in [9.17, 15) is 13.2 Å².